The molecule has 2 N–H and O–H groups in total. The molecule has 1 aromatic rings. The molecule has 0 saturated carbocycles. The summed E-state index contributed by atoms with van der Waals surface area (Å²) in [6.45, 7) is 6.60. The van der Waals surface area contributed by atoms with Crippen molar-refractivity contribution >= 4 is 0 Å². The van der Waals surface area contributed by atoms with Crippen molar-refractivity contribution in [2.24, 2.45) is 0 Å². The summed E-state index contributed by atoms with van der Waals surface area (Å²) in [5.41, 5.74) is 2.59. The van der Waals surface area contributed by atoms with Gasteiger partial charge < -0.3 is 10.4 Å². The maximum absolute atomic E-state index is 8.82. The molecule has 1 aromatic carbocycles. The smallest absolute Gasteiger partial charge is 0.0445 e. The fourth-order valence-electron chi connectivity index (χ4n) is 1.74. The third-order valence-electron chi connectivity index (χ3n) is 2.64. The first-order valence-corrected chi connectivity index (χ1v) is 5.57. The van der Waals surface area contributed by atoms with Crippen LogP contribution >= 0.6 is 0 Å². The lowest BCUT2D eigenvalue weighted by atomic mass is 10.0. The molecule has 1 rings (SSSR count). The van der Waals surface area contributed by atoms with Crippen LogP contribution in [0, 0.1) is 6.92 Å². The van der Waals surface area contributed by atoms with Gasteiger partial charge in [0.1, 0.15) is 0 Å². The van der Waals surface area contributed by atoms with Gasteiger partial charge in [0.15, 0.2) is 0 Å². The highest BCUT2D eigenvalue weighted by Gasteiger charge is 2.08. The minimum atomic E-state index is 0.245. The van der Waals surface area contributed by atoms with E-state index in [1.165, 1.54) is 11.1 Å². The van der Waals surface area contributed by atoms with Crippen molar-refractivity contribution < 1.29 is 5.11 Å². The predicted molar refractivity (Wildman–Crippen MR) is 63.9 cm³/mol. The molecule has 0 amide bonds. The maximum atomic E-state index is 8.82. The number of hydrogen-bond acceptors (Lipinski definition) is 2. The Bertz CT molecular complexity index is 298. The summed E-state index contributed by atoms with van der Waals surface area (Å²) in [5, 5.41) is 12.3. The molecule has 0 bridgehead atoms. The molecule has 15 heavy (non-hydrogen) atoms. The molecule has 0 aliphatic rings. The molecule has 2 atom stereocenters. The van der Waals surface area contributed by atoms with Gasteiger partial charge in [0.2, 0.25) is 0 Å². The van der Waals surface area contributed by atoms with Crippen LogP contribution in [0.3, 0.4) is 0 Å². The average Bonchev–Trinajstić information content (AvgIpc) is 2.18. The second-order valence-corrected chi connectivity index (χ2v) is 4.22. The van der Waals surface area contributed by atoms with Crippen molar-refractivity contribution in [3.8, 4) is 0 Å². The van der Waals surface area contributed by atoms with Crippen molar-refractivity contribution in [2.75, 3.05) is 6.61 Å². The normalized spacial score (nSPS) is 14.9. The van der Waals surface area contributed by atoms with Gasteiger partial charge in [-0.25, -0.2) is 0 Å². The highest BCUT2D eigenvalue weighted by Crippen LogP contribution is 2.14. The summed E-state index contributed by atoms with van der Waals surface area (Å²) < 4.78 is 0. The molecule has 0 saturated heterocycles. The number of hydrogen-bond donors (Lipinski definition) is 2. The Kier molecular flexibility index (Phi) is 4.79. The fourth-order valence-corrected chi connectivity index (χ4v) is 1.74. The van der Waals surface area contributed by atoms with Gasteiger partial charge in [-0.2, -0.15) is 0 Å². The second-order valence-electron chi connectivity index (χ2n) is 4.22. The Hall–Kier alpha value is -0.860. The Morgan fingerprint density at radius 2 is 2.07 bits per heavy atom. The van der Waals surface area contributed by atoms with Gasteiger partial charge in [-0.1, -0.05) is 29.8 Å². The van der Waals surface area contributed by atoms with E-state index in [1.807, 2.05) is 0 Å². The van der Waals surface area contributed by atoms with E-state index in [4.69, 9.17) is 5.11 Å². The molecule has 0 fully saturated rings. The highest BCUT2D eigenvalue weighted by molar-refractivity contribution is 5.24. The number of nitrogens with one attached hydrogen (secondary N) is 1. The molecule has 0 aliphatic carbocycles. The Morgan fingerprint density at radius 1 is 1.33 bits per heavy atom. The summed E-state index contributed by atoms with van der Waals surface area (Å²) >= 11 is 0. The minimum absolute atomic E-state index is 0.245. The van der Waals surface area contributed by atoms with Crippen LogP contribution < -0.4 is 5.32 Å². The minimum Gasteiger partial charge on any atom is -0.396 e. The van der Waals surface area contributed by atoms with E-state index in [0.29, 0.717) is 12.1 Å². The van der Waals surface area contributed by atoms with Crippen LogP contribution in [-0.4, -0.2) is 17.8 Å². The molecule has 2 unspecified atom stereocenters. The average molecular weight is 207 g/mol. The quantitative estimate of drug-likeness (QED) is 0.777. The lowest BCUT2D eigenvalue weighted by Gasteiger charge is -2.20. The van der Waals surface area contributed by atoms with E-state index in [-0.39, 0.29) is 6.61 Å². The molecule has 0 heterocycles. The summed E-state index contributed by atoms with van der Waals surface area (Å²) in [5.74, 6) is 0. The van der Waals surface area contributed by atoms with Crippen molar-refractivity contribution in [2.45, 2.75) is 39.3 Å². The number of aliphatic hydroxyl groups is 1. The van der Waals surface area contributed by atoms with Crippen LogP contribution in [0.2, 0.25) is 0 Å². The summed E-state index contributed by atoms with van der Waals surface area (Å²) in [4.78, 5) is 0. The van der Waals surface area contributed by atoms with Crippen molar-refractivity contribution in [1.29, 1.82) is 0 Å². The van der Waals surface area contributed by atoms with Crippen LogP contribution in [0.15, 0.2) is 24.3 Å². The molecule has 0 aromatic heterocycles. The van der Waals surface area contributed by atoms with Crippen LogP contribution in [-0.2, 0) is 0 Å². The maximum Gasteiger partial charge on any atom is 0.0445 e. The Balaban J connectivity index is 2.56. The zero-order chi connectivity index (χ0) is 11.3. The second kappa shape index (κ2) is 5.89. The molecule has 84 valence electrons. The summed E-state index contributed by atoms with van der Waals surface area (Å²) in [7, 11) is 0. The van der Waals surface area contributed by atoms with E-state index >= 15 is 0 Å². The number of rotatable bonds is 5. The van der Waals surface area contributed by atoms with Crippen LogP contribution in [0.25, 0.3) is 0 Å². The molecular formula is C13H21NO. The van der Waals surface area contributed by atoms with Gasteiger partial charge in [0.05, 0.1) is 0 Å². The van der Waals surface area contributed by atoms with Crippen molar-refractivity contribution in [3.05, 3.63) is 35.4 Å². The van der Waals surface area contributed by atoms with Crippen LogP contribution in [0.5, 0.6) is 0 Å². The van der Waals surface area contributed by atoms with E-state index in [0.717, 1.165) is 6.42 Å². The highest BCUT2D eigenvalue weighted by atomic mass is 16.3. The molecule has 2 heteroatoms. The Morgan fingerprint density at radius 3 is 2.67 bits per heavy atom. The molecule has 0 radical (unpaired) electrons. The SMILES string of the molecule is Cc1cccc(C(C)NC(C)CCO)c1. The van der Waals surface area contributed by atoms with Gasteiger partial charge in [-0.05, 0) is 32.8 Å². The fraction of sp³-hybridized carbons (Fsp3) is 0.538. The van der Waals surface area contributed by atoms with Crippen molar-refractivity contribution in [3.63, 3.8) is 0 Å². The summed E-state index contributed by atoms with van der Waals surface area (Å²) in [6.07, 6.45) is 0.802. The van der Waals surface area contributed by atoms with Crippen LogP contribution in [0.1, 0.15) is 37.4 Å². The third-order valence-corrected chi connectivity index (χ3v) is 2.64. The zero-order valence-corrected chi connectivity index (χ0v) is 9.83. The first kappa shape index (κ1) is 12.2. The van der Waals surface area contributed by atoms with Crippen LogP contribution in [0.4, 0.5) is 0 Å². The van der Waals surface area contributed by atoms with E-state index in [1.54, 1.807) is 0 Å². The van der Waals surface area contributed by atoms with Gasteiger partial charge in [-0.3, -0.25) is 0 Å². The van der Waals surface area contributed by atoms with Crippen molar-refractivity contribution in [1.82, 2.24) is 5.32 Å². The van der Waals surface area contributed by atoms with Gasteiger partial charge in [-0.15, -0.1) is 0 Å². The van der Waals surface area contributed by atoms with Gasteiger partial charge in [0, 0.05) is 18.7 Å². The monoisotopic (exact) mass is 207 g/mol. The van der Waals surface area contributed by atoms with Gasteiger partial charge >= 0.3 is 0 Å². The standard InChI is InChI=1S/C13H21NO/c1-10-5-4-6-13(9-10)12(3)14-11(2)7-8-15/h4-6,9,11-12,14-15H,7-8H2,1-3H3. The lowest BCUT2D eigenvalue weighted by Crippen LogP contribution is -2.29. The Labute approximate surface area is 92.3 Å². The number of aryl methyl sites for hydroxylation is 1. The lowest BCUT2D eigenvalue weighted by molar-refractivity contribution is 0.264. The van der Waals surface area contributed by atoms with E-state index < -0.39 is 0 Å². The largest absolute Gasteiger partial charge is 0.396 e. The zero-order valence-electron chi connectivity index (χ0n) is 9.83. The summed E-state index contributed by atoms with van der Waals surface area (Å²) in [6, 6.07) is 9.21. The topological polar surface area (TPSA) is 32.3 Å². The molecular weight excluding hydrogens is 186 g/mol. The first-order valence-electron chi connectivity index (χ1n) is 5.57. The number of benzene rings is 1. The predicted octanol–water partition coefficient (Wildman–Crippen LogP) is 2.42. The molecule has 2 nitrogen and oxygen atoms in total. The molecule has 0 spiro atoms. The number of aliphatic hydroxyl groups excluding tert-OH is 1. The third kappa shape index (κ3) is 4.02. The molecule has 0 aliphatic heterocycles. The van der Waals surface area contributed by atoms with E-state index in [2.05, 4.69) is 50.4 Å². The van der Waals surface area contributed by atoms with E-state index in [9.17, 15) is 0 Å². The first-order chi connectivity index (χ1) is 7.13. The van der Waals surface area contributed by atoms with Gasteiger partial charge in [0.25, 0.3) is 0 Å².